The number of carbonyl (C=O) groups excluding carboxylic acids is 1. The minimum Gasteiger partial charge on any atom is -0.368 e. The average Bonchev–Trinajstić information content (AvgIpc) is 3.10. The summed E-state index contributed by atoms with van der Waals surface area (Å²) in [6, 6.07) is 2.19. The van der Waals surface area contributed by atoms with Crippen molar-refractivity contribution >= 4 is 17.2 Å². The number of ether oxygens (including phenoxy) is 1. The molecular weight excluding hydrogens is 272 g/mol. The minimum atomic E-state index is -0.168. The molecule has 110 valence electrons. The van der Waals surface area contributed by atoms with Gasteiger partial charge in [-0.2, -0.15) is 11.3 Å². The Morgan fingerprint density at radius 1 is 1.30 bits per heavy atom. The van der Waals surface area contributed by atoms with Crippen LogP contribution in [0.1, 0.15) is 24.8 Å². The Morgan fingerprint density at radius 3 is 3.00 bits per heavy atom. The summed E-state index contributed by atoms with van der Waals surface area (Å²) >= 11 is 1.75. The maximum Gasteiger partial charge on any atom is 0.251 e. The van der Waals surface area contributed by atoms with Gasteiger partial charge in [0.25, 0.3) is 5.91 Å². The molecule has 2 fully saturated rings. The van der Waals surface area contributed by atoms with Crippen LogP contribution in [0.2, 0.25) is 0 Å². The third-order valence-electron chi connectivity index (χ3n) is 4.09. The SMILES string of the molecule is O=C([C@@H]1CCCO1)N1CCCN(Cc2ccsc2)CC1. The Kier molecular flexibility index (Phi) is 4.70. The molecule has 1 aromatic heterocycles. The zero-order chi connectivity index (χ0) is 13.8. The highest BCUT2D eigenvalue weighted by atomic mass is 32.1. The van der Waals surface area contributed by atoms with Crippen LogP contribution in [0.5, 0.6) is 0 Å². The molecule has 5 heteroatoms. The molecule has 1 atom stereocenters. The summed E-state index contributed by atoms with van der Waals surface area (Å²) in [6.45, 7) is 5.50. The Balaban J connectivity index is 1.52. The lowest BCUT2D eigenvalue weighted by atomic mass is 10.2. The predicted octanol–water partition coefficient (Wildman–Crippen LogP) is 1.96. The van der Waals surface area contributed by atoms with Crippen molar-refractivity contribution in [2.45, 2.75) is 31.9 Å². The van der Waals surface area contributed by atoms with Crippen LogP contribution in [0.4, 0.5) is 0 Å². The molecule has 0 bridgehead atoms. The second-order valence-corrected chi connectivity index (χ2v) is 6.37. The van der Waals surface area contributed by atoms with Gasteiger partial charge < -0.3 is 9.64 Å². The van der Waals surface area contributed by atoms with E-state index >= 15 is 0 Å². The number of rotatable bonds is 3. The van der Waals surface area contributed by atoms with Crippen molar-refractivity contribution in [1.29, 1.82) is 0 Å². The topological polar surface area (TPSA) is 32.8 Å². The summed E-state index contributed by atoms with van der Waals surface area (Å²) in [4.78, 5) is 16.8. The summed E-state index contributed by atoms with van der Waals surface area (Å²) in [6.07, 6.45) is 2.81. The lowest BCUT2D eigenvalue weighted by Gasteiger charge is -2.24. The van der Waals surface area contributed by atoms with E-state index in [9.17, 15) is 4.79 Å². The zero-order valence-corrected chi connectivity index (χ0v) is 12.6. The van der Waals surface area contributed by atoms with Gasteiger partial charge in [0.15, 0.2) is 0 Å². The molecule has 0 spiro atoms. The molecule has 0 aromatic carbocycles. The van der Waals surface area contributed by atoms with E-state index in [-0.39, 0.29) is 12.0 Å². The van der Waals surface area contributed by atoms with Gasteiger partial charge in [0.2, 0.25) is 0 Å². The quantitative estimate of drug-likeness (QED) is 0.854. The van der Waals surface area contributed by atoms with Crippen molar-refractivity contribution in [3.05, 3.63) is 22.4 Å². The third kappa shape index (κ3) is 3.40. The molecule has 20 heavy (non-hydrogen) atoms. The molecule has 2 aliphatic rings. The zero-order valence-electron chi connectivity index (χ0n) is 11.8. The fourth-order valence-electron chi connectivity index (χ4n) is 2.97. The molecule has 0 aliphatic carbocycles. The number of amides is 1. The molecular formula is C15H22N2O2S. The number of hydrogen-bond acceptors (Lipinski definition) is 4. The number of carbonyl (C=O) groups is 1. The van der Waals surface area contributed by atoms with Crippen LogP contribution in [0.15, 0.2) is 16.8 Å². The van der Waals surface area contributed by atoms with Gasteiger partial charge in [-0.1, -0.05) is 0 Å². The predicted molar refractivity (Wildman–Crippen MR) is 79.8 cm³/mol. The van der Waals surface area contributed by atoms with Crippen molar-refractivity contribution < 1.29 is 9.53 Å². The van der Waals surface area contributed by atoms with Crippen LogP contribution in [0, 0.1) is 0 Å². The van der Waals surface area contributed by atoms with Crippen molar-refractivity contribution in [3.8, 4) is 0 Å². The van der Waals surface area contributed by atoms with Crippen molar-refractivity contribution in [3.63, 3.8) is 0 Å². The fraction of sp³-hybridized carbons (Fsp3) is 0.667. The first-order valence-corrected chi connectivity index (χ1v) is 8.41. The normalized spacial score (nSPS) is 24.8. The Bertz CT molecular complexity index is 429. The van der Waals surface area contributed by atoms with E-state index in [0.29, 0.717) is 0 Å². The van der Waals surface area contributed by atoms with E-state index in [1.165, 1.54) is 5.56 Å². The molecule has 1 aromatic rings. The third-order valence-corrected chi connectivity index (χ3v) is 4.82. The van der Waals surface area contributed by atoms with E-state index < -0.39 is 0 Å². The largest absolute Gasteiger partial charge is 0.368 e. The maximum atomic E-state index is 12.4. The Morgan fingerprint density at radius 2 is 2.25 bits per heavy atom. The highest BCUT2D eigenvalue weighted by Crippen LogP contribution is 2.17. The fourth-order valence-corrected chi connectivity index (χ4v) is 3.63. The van der Waals surface area contributed by atoms with Crippen molar-refractivity contribution in [2.75, 3.05) is 32.8 Å². The first-order chi connectivity index (χ1) is 9.83. The van der Waals surface area contributed by atoms with Gasteiger partial charge in [0.05, 0.1) is 0 Å². The van der Waals surface area contributed by atoms with E-state index in [2.05, 4.69) is 21.7 Å². The van der Waals surface area contributed by atoms with Gasteiger partial charge in [0, 0.05) is 39.3 Å². The van der Waals surface area contributed by atoms with Gasteiger partial charge >= 0.3 is 0 Å². The first kappa shape index (κ1) is 14.0. The van der Waals surface area contributed by atoms with E-state index in [0.717, 1.165) is 58.6 Å². The summed E-state index contributed by atoms with van der Waals surface area (Å²) in [5, 5.41) is 4.33. The maximum absolute atomic E-state index is 12.4. The van der Waals surface area contributed by atoms with Crippen LogP contribution in [-0.4, -0.2) is 54.6 Å². The van der Waals surface area contributed by atoms with Crippen molar-refractivity contribution in [1.82, 2.24) is 9.80 Å². The van der Waals surface area contributed by atoms with Crippen LogP contribution in [-0.2, 0) is 16.1 Å². The van der Waals surface area contributed by atoms with E-state index in [1.807, 2.05) is 4.90 Å². The molecule has 0 radical (unpaired) electrons. The number of thiophene rings is 1. The summed E-state index contributed by atoms with van der Waals surface area (Å²) in [7, 11) is 0. The summed E-state index contributed by atoms with van der Waals surface area (Å²) in [5.41, 5.74) is 1.38. The monoisotopic (exact) mass is 294 g/mol. The second-order valence-electron chi connectivity index (χ2n) is 5.59. The molecule has 0 N–H and O–H groups in total. The standard InChI is InChI=1S/C15H22N2O2S/c18-15(14-3-1-9-19-14)17-6-2-5-16(7-8-17)11-13-4-10-20-12-13/h4,10,12,14H,1-3,5-9,11H2/t14-/m0/s1. The van der Waals surface area contributed by atoms with Gasteiger partial charge in [-0.05, 0) is 41.7 Å². The molecule has 2 aliphatic heterocycles. The smallest absolute Gasteiger partial charge is 0.251 e. The second kappa shape index (κ2) is 6.70. The molecule has 3 heterocycles. The lowest BCUT2D eigenvalue weighted by Crippen LogP contribution is -2.41. The molecule has 0 saturated carbocycles. The first-order valence-electron chi connectivity index (χ1n) is 7.47. The van der Waals surface area contributed by atoms with Crippen LogP contribution < -0.4 is 0 Å². The van der Waals surface area contributed by atoms with E-state index in [4.69, 9.17) is 4.74 Å². The summed E-state index contributed by atoms with van der Waals surface area (Å²) < 4.78 is 5.52. The highest BCUT2D eigenvalue weighted by molar-refractivity contribution is 7.07. The molecule has 0 unspecified atom stereocenters. The van der Waals surface area contributed by atoms with Crippen molar-refractivity contribution in [2.24, 2.45) is 0 Å². The summed E-state index contributed by atoms with van der Waals surface area (Å²) in [5.74, 6) is 0.208. The number of nitrogens with zero attached hydrogens (tertiary/aromatic N) is 2. The van der Waals surface area contributed by atoms with Gasteiger partial charge in [-0.25, -0.2) is 0 Å². The lowest BCUT2D eigenvalue weighted by molar-refractivity contribution is -0.140. The van der Waals surface area contributed by atoms with Crippen LogP contribution >= 0.6 is 11.3 Å². The van der Waals surface area contributed by atoms with Crippen LogP contribution in [0.3, 0.4) is 0 Å². The van der Waals surface area contributed by atoms with Crippen LogP contribution in [0.25, 0.3) is 0 Å². The molecule has 1 amide bonds. The highest BCUT2D eigenvalue weighted by Gasteiger charge is 2.29. The molecule has 2 saturated heterocycles. The average molecular weight is 294 g/mol. The van der Waals surface area contributed by atoms with Gasteiger partial charge in [0.1, 0.15) is 6.10 Å². The van der Waals surface area contributed by atoms with E-state index in [1.54, 1.807) is 11.3 Å². The van der Waals surface area contributed by atoms with Gasteiger partial charge in [-0.3, -0.25) is 9.69 Å². The number of hydrogen-bond donors (Lipinski definition) is 0. The molecule has 4 nitrogen and oxygen atoms in total. The molecule has 3 rings (SSSR count). The Labute approximate surface area is 124 Å². The Hall–Kier alpha value is -0.910. The minimum absolute atomic E-state index is 0.168. The van der Waals surface area contributed by atoms with Gasteiger partial charge in [-0.15, -0.1) is 0 Å².